The molecule has 0 radical (unpaired) electrons. The van der Waals surface area contributed by atoms with Crippen LogP contribution in [0.1, 0.15) is 51.5 Å². The van der Waals surface area contributed by atoms with Crippen molar-refractivity contribution in [1.29, 1.82) is 0 Å². The van der Waals surface area contributed by atoms with Crippen molar-refractivity contribution in [3.63, 3.8) is 0 Å². The van der Waals surface area contributed by atoms with E-state index in [4.69, 9.17) is 22.1 Å². The van der Waals surface area contributed by atoms with E-state index in [1.807, 2.05) is 12.1 Å². The Morgan fingerprint density at radius 1 is 1.42 bits per heavy atom. The number of benzene rings is 1. The normalized spacial score (nSPS) is 23.6. The summed E-state index contributed by atoms with van der Waals surface area (Å²) in [6.45, 7) is 4.80. The Kier molecular flexibility index (Phi) is 7.14. The second-order valence-corrected chi connectivity index (χ2v) is 9.61. The van der Waals surface area contributed by atoms with Gasteiger partial charge in [-0.05, 0) is 60.6 Å². The van der Waals surface area contributed by atoms with Crippen molar-refractivity contribution < 1.29 is 22.7 Å². The second-order valence-electron chi connectivity index (χ2n) is 9.20. The van der Waals surface area contributed by atoms with E-state index in [0.29, 0.717) is 35.6 Å². The summed E-state index contributed by atoms with van der Waals surface area (Å²) in [7, 11) is 0. The molecule has 1 amide bonds. The maximum Gasteiger partial charge on any atom is 0.409 e. The standard InChI is InChI=1S/C23H30ClF3N2O2/c1-15(2)3-5-17(11-16-4-6-20(28)19(24)12-16)18-13-22(18)7-9-29(14-22)21(30)31-10-8-23(25,26)27/h4,6,11-12,15,18H,3,5,7-10,13-14,28H2,1-2H3/b17-11+/t18-,22?/m0/s1. The number of allylic oxidation sites excluding steroid dienone is 1. The molecule has 1 unspecified atom stereocenters. The minimum atomic E-state index is -4.32. The SMILES string of the molecule is CC(C)CC/C(=C\c1ccc(N)c(Cl)c1)[C@@H]1CC12CCN(C(=O)OCCC(F)(F)F)C2. The Labute approximate surface area is 186 Å². The molecule has 1 saturated carbocycles. The molecule has 2 N–H and O–H groups in total. The molecule has 2 fully saturated rings. The van der Waals surface area contributed by atoms with E-state index in [1.165, 1.54) is 5.57 Å². The van der Waals surface area contributed by atoms with Gasteiger partial charge in [-0.2, -0.15) is 13.2 Å². The van der Waals surface area contributed by atoms with Crippen LogP contribution in [0.2, 0.25) is 5.02 Å². The Morgan fingerprint density at radius 3 is 2.81 bits per heavy atom. The van der Waals surface area contributed by atoms with Crippen molar-refractivity contribution in [3.05, 3.63) is 34.4 Å². The molecule has 8 heteroatoms. The Bertz CT molecular complexity index is 841. The van der Waals surface area contributed by atoms with Gasteiger partial charge in [0.15, 0.2) is 0 Å². The molecule has 2 atom stereocenters. The topological polar surface area (TPSA) is 55.6 Å². The summed E-state index contributed by atoms with van der Waals surface area (Å²) in [5.74, 6) is 0.923. The highest BCUT2D eigenvalue weighted by atomic mass is 35.5. The first-order valence-electron chi connectivity index (χ1n) is 10.7. The van der Waals surface area contributed by atoms with E-state index in [9.17, 15) is 18.0 Å². The predicted molar refractivity (Wildman–Crippen MR) is 117 cm³/mol. The van der Waals surface area contributed by atoms with Gasteiger partial charge in [-0.25, -0.2) is 4.79 Å². The highest BCUT2D eigenvalue weighted by molar-refractivity contribution is 6.33. The fourth-order valence-electron chi connectivity index (χ4n) is 4.37. The molecule has 1 saturated heterocycles. The lowest BCUT2D eigenvalue weighted by Crippen LogP contribution is -2.31. The minimum absolute atomic E-state index is 0.00344. The van der Waals surface area contributed by atoms with Crippen molar-refractivity contribution in [2.24, 2.45) is 17.3 Å². The van der Waals surface area contributed by atoms with Crippen molar-refractivity contribution in [2.45, 2.75) is 52.1 Å². The summed E-state index contributed by atoms with van der Waals surface area (Å²) in [5.41, 5.74) is 8.70. The van der Waals surface area contributed by atoms with Gasteiger partial charge < -0.3 is 15.4 Å². The van der Waals surface area contributed by atoms with Crippen molar-refractivity contribution >= 4 is 29.5 Å². The number of halogens is 4. The fourth-order valence-corrected chi connectivity index (χ4v) is 4.56. The number of hydrogen-bond donors (Lipinski definition) is 1. The minimum Gasteiger partial charge on any atom is -0.449 e. The lowest BCUT2D eigenvalue weighted by atomic mass is 9.92. The molecule has 1 aromatic carbocycles. The fraction of sp³-hybridized carbons (Fsp3) is 0.609. The molecule has 1 heterocycles. The molecular weight excluding hydrogens is 429 g/mol. The number of anilines is 1. The molecule has 1 aromatic rings. The summed E-state index contributed by atoms with van der Waals surface area (Å²) in [6, 6.07) is 5.61. The van der Waals surface area contributed by atoms with Crippen LogP contribution in [-0.4, -0.2) is 36.9 Å². The van der Waals surface area contributed by atoms with Crippen molar-refractivity contribution in [1.82, 2.24) is 4.90 Å². The van der Waals surface area contributed by atoms with Gasteiger partial charge in [-0.1, -0.05) is 43.2 Å². The number of carbonyl (C=O) groups is 1. The van der Waals surface area contributed by atoms with Gasteiger partial charge in [-0.15, -0.1) is 0 Å². The molecule has 172 valence electrons. The van der Waals surface area contributed by atoms with Crippen LogP contribution < -0.4 is 5.73 Å². The first-order chi connectivity index (χ1) is 14.5. The van der Waals surface area contributed by atoms with Gasteiger partial charge >= 0.3 is 12.3 Å². The molecule has 31 heavy (non-hydrogen) atoms. The number of rotatable bonds is 7. The molecule has 1 aliphatic carbocycles. The second kappa shape index (κ2) is 9.31. The van der Waals surface area contributed by atoms with Crippen LogP contribution in [0.3, 0.4) is 0 Å². The van der Waals surface area contributed by atoms with Crippen LogP contribution in [0.15, 0.2) is 23.8 Å². The van der Waals surface area contributed by atoms with Crippen molar-refractivity contribution in [2.75, 3.05) is 25.4 Å². The monoisotopic (exact) mass is 458 g/mol. The maximum absolute atomic E-state index is 12.3. The van der Waals surface area contributed by atoms with E-state index < -0.39 is 25.3 Å². The van der Waals surface area contributed by atoms with Crippen LogP contribution in [-0.2, 0) is 4.74 Å². The van der Waals surface area contributed by atoms with Gasteiger partial charge in [0.2, 0.25) is 0 Å². The van der Waals surface area contributed by atoms with Gasteiger partial charge in [0.25, 0.3) is 0 Å². The van der Waals surface area contributed by atoms with E-state index >= 15 is 0 Å². The van der Waals surface area contributed by atoms with Crippen LogP contribution in [0, 0.1) is 17.3 Å². The first kappa shape index (κ1) is 23.8. The lowest BCUT2D eigenvalue weighted by molar-refractivity contribution is -0.141. The molecule has 0 bridgehead atoms. The molecule has 4 nitrogen and oxygen atoms in total. The van der Waals surface area contributed by atoms with Gasteiger partial charge in [-0.3, -0.25) is 0 Å². The third kappa shape index (κ3) is 6.31. The zero-order valence-corrected chi connectivity index (χ0v) is 18.7. The molecular formula is C23H30ClF3N2O2. The van der Waals surface area contributed by atoms with E-state index in [2.05, 4.69) is 19.9 Å². The number of amides is 1. The summed E-state index contributed by atoms with van der Waals surface area (Å²) in [4.78, 5) is 13.7. The number of alkyl halides is 3. The predicted octanol–water partition coefficient (Wildman–Crippen LogP) is 6.54. The molecule has 1 spiro atoms. The number of likely N-dealkylation sites (tertiary alicyclic amines) is 1. The quantitative estimate of drug-likeness (QED) is 0.472. The number of nitrogens with two attached hydrogens (primary N) is 1. The third-order valence-electron chi connectivity index (χ3n) is 6.28. The number of ether oxygens (including phenoxy) is 1. The van der Waals surface area contributed by atoms with Crippen LogP contribution in [0.25, 0.3) is 6.08 Å². The first-order valence-corrected chi connectivity index (χ1v) is 11.1. The smallest absolute Gasteiger partial charge is 0.409 e. The van der Waals surface area contributed by atoms with Gasteiger partial charge in [0.1, 0.15) is 6.61 Å². The zero-order chi connectivity index (χ0) is 22.8. The van der Waals surface area contributed by atoms with E-state index in [0.717, 1.165) is 31.2 Å². The van der Waals surface area contributed by atoms with Crippen LogP contribution in [0.5, 0.6) is 0 Å². The number of carbonyl (C=O) groups excluding carboxylic acids is 1. The average Bonchev–Trinajstić information content (AvgIpc) is 3.19. The van der Waals surface area contributed by atoms with Gasteiger partial charge in [0.05, 0.1) is 17.1 Å². The third-order valence-corrected chi connectivity index (χ3v) is 6.61. The summed E-state index contributed by atoms with van der Waals surface area (Å²) in [5, 5.41) is 0.524. The molecule has 2 aliphatic rings. The van der Waals surface area contributed by atoms with Crippen molar-refractivity contribution in [3.8, 4) is 0 Å². The molecule has 1 aliphatic heterocycles. The number of nitrogens with zero attached hydrogens (tertiary/aromatic N) is 1. The largest absolute Gasteiger partial charge is 0.449 e. The lowest BCUT2D eigenvalue weighted by Gasteiger charge is -2.18. The van der Waals surface area contributed by atoms with Crippen LogP contribution >= 0.6 is 11.6 Å². The molecule has 0 aromatic heterocycles. The highest BCUT2D eigenvalue weighted by Gasteiger charge is 2.59. The molecule has 3 rings (SSSR count). The van der Waals surface area contributed by atoms with E-state index in [1.54, 1.807) is 11.0 Å². The highest BCUT2D eigenvalue weighted by Crippen LogP contribution is 2.62. The zero-order valence-electron chi connectivity index (χ0n) is 18.0. The summed E-state index contributed by atoms with van der Waals surface area (Å²) in [6.07, 6.45) is -0.0738. The van der Waals surface area contributed by atoms with Crippen LogP contribution in [0.4, 0.5) is 23.7 Å². The Morgan fingerprint density at radius 2 is 2.16 bits per heavy atom. The van der Waals surface area contributed by atoms with Gasteiger partial charge in [0, 0.05) is 13.1 Å². The van der Waals surface area contributed by atoms with E-state index in [-0.39, 0.29) is 5.41 Å². The Balaban J connectivity index is 1.65. The summed E-state index contributed by atoms with van der Waals surface area (Å²) < 4.78 is 41.7. The summed E-state index contributed by atoms with van der Waals surface area (Å²) >= 11 is 6.18. The number of nitrogen functional groups attached to an aromatic ring is 1. The Hall–Kier alpha value is -1.89. The maximum atomic E-state index is 12.3. The number of hydrogen-bond acceptors (Lipinski definition) is 3. The average molecular weight is 459 g/mol.